The standard InChI is InChI=1S/C25H31Br2N3O4S/c1-18(25(32)28-21-11-4-3-5-12-21)29(16-19-9-8-10-20(26)15-19)24(31)17-30(35(2,33)34)23-14-7-6-13-22(23)27/h6-10,13-15,18,21H,3-5,11-12,16-17H2,1-2H3,(H,28,32)/t18-/m0/s1. The van der Waals surface area contributed by atoms with Crippen molar-refractivity contribution in [3.05, 3.63) is 63.0 Å². The van der Waals surface area contributed by atoms with E-state index in [1.54, 1.807) is 31.2 Å². The maximum Gasteiger partial charge on any atom is 0.244 e. The number of carbonyl (C=O) groups is 2. The van der Waals surface area contributed by atoms with Gasteiger partial charge in [0.15, 0.2) is 0 Å². The van der Waals surface area contributed by atoms with Gasteiger partial charge in [0.05, 0.1) is 11.9 Å². The molecular formula is C25H31Br2N3O4S. The number of hydrogen-bond acceptors (Lipinski definition) is 4. The summed E-state index contributed by atoms with van der Waals surface area (Å²) in [5, 5.41) is 3.09. The Hall–Kier alpha value is -1.91. The first-order valence-electron chi connectivity index (χ1n) is 11.6. The van der Waals surface area contributed by atoms with Crippen LogP contribution in [0.3, 0.4) is 0 Å². The predicted molar refractivity (Wildman–Crippen MR) is 146 cm³/mol. The summed E-state index contributed by atoms with van der Waals surface area (Å²) >= 11 is 6.84. The molecule has 1 aliphatic carbocycles. The van der Waals surface area contributed by atoms with Crippen LogP contribution in [0.5, 0.6) is 0 Å². The molecule has 10 heteroatoms. The van der Waals surface area contributed by atoms with Gasteiger partial charge in [0.1, 0.15) is 12.6 Å². The van der Waals surface area contributed by atoms with E-state index in [-0.39, 0.29) is 18.5 Å². The number of benzene rings is 2. The molecule has 0 bridgehead atoms. The molecule has 190 valence electrons. The fourth-order valence-corrected chi connectivity index (χ4v) is 6.16. The van der Waals surface area contributed by atoms with Gasteiger partial charge in [0.2, 0.25) is 21.8 Å². The number of nitrogens with one attached hydrogen (secondary N) is 1. The second-order valence-corrected chi connectivity index (χ2v) is 12.6. The number of anilines is 1. The summed E-state index contributed by atoms with van der Waals surface area (Å²) in [6.07, 6.45) is 6.26. The van der Waals surface area contributed by atoms with Crippen LogP contribution >= 0.6 is 31.9 Å². The van der Waals surface area contributed by atoms with Crippen LogP contribution in [-0.2, 0) is 26.2 Å². The van der Waals surface area contributed by atoms with Gasteiger partial charge in [-0.05, 0) is 65.5 Å². The van der Waals surface area contributed by atoms with Crippen molar-refractivity contribution in [3.63, 3.8) is 0 Å². The van der Waals surface area contributed by atoms with E-state index in [2.05, 4.69) is 37.2 Å². The zero-order valence-electron chi connectivity index (χ0n) is 19.9. The quantitative estimate of drug-likeness (QED) is 0.430. The Labute approximate surface area is 224 Å². The number of amides is 2. The highest BCUT2D eigenvalue weighted by molar-refractivity contribution is 9.10. The van der Waals surface area contributed by atoms with Crippen molar-refractivity contribution in [1.82, 2.24) is 10.2 Å². The summed E-state index contributed by atoms with van der Waals surface area (Å²) in [6, 6.07) is 13.7. The lowest BCUT2D eigenvalue weighted by molar-refractivity contribution is -0.139. The molecule has 1 N–H and O–H groups in total. The zero-order chi connectivity index (χ0) is 25.6. The van der Waals surface area contributed by atoms with Crippen molar-refractivity contribution in [2.24, 2.45) is 0 Å². The SMILES string of the molecule is C[C@@H](C(=O)NC1CCCCC1)N(Cc1cccc(Br)c1)C(=O)CN(c1ccccc1Br)S(C)(=O)=O. The third-order valence-electron chi connectivity index (χ3n) is 6.16. The van der Waals surface area contributed by atoms with E-state index >= 15 is 0 Å². The molecule has 0 saturated heterocycles. The van der Waals surface area contributed by atoms with E-state index in [1.165, 1.54) is 11.3 Å². The normalized spacial score (nSPS) is 15.3. The van der Waals surface area contributed by atoms with Crippen molar-refractivity contribution in [3.8, 4) is 0 Å². The minimum absolute atomic E-state index is 0.106. The summed E-state index contributed by atoms with van der Waals surface area (Å²) in [5.74, 6) is -0.690. The van der Waals surface area contributed by atoms with Crippen LogP contribution in [-0.4, -0.2) is 50.0 Å². The largest absolute Gasteiger partial charge is 0.352 e. The molecule has 0 heterocycles. The highest BCUT2D eigenvalue weighted by Gasteiger charge is 2.31. The molecule has 3 rings (SSSR count). The Morgan fingerprint density at radius 2 is 1.74 bits per heavy atom. The van der Waals surface area contributed by atoms with E-state index in [1.807, 2.05) is 24.3 Å². The molecule has 0 spiro atoms. The maximum absolute atomic E-state index is 13.6. The van der Waals surface area contributed by atoms with Crippen LogP contribution < -0.4 is 9.62 Å². The lowest BCUT2D eigenvalue weighted by Crippen LogP contribution is -2.53. The third kappa shape index (κ3) is 7.79. The minimum Gasteiger partial charge on any atom is -0.352 e. The molecule has 35 heavy (non-hydrogen) atoms. The number of sulfonamides is 1. The van der Waals surface area contributed by atoms with Gasteiger partial charge in [-0.2, -0.15) is 0 Å². The average molecular weight is 629 g/mol. The van der Waals surface area contributed by atoms with Gasteiger partial charge in [-0.25, -0.2) is 8.42 Å². The van der Waals surface area contributed by atoms with Crippen LogP contribution in [0.15, 0.2) is 57.5 Å². The van der Waals surface area contributed by atoms with E-state index < -0.39 is 28.5 Å². The van der Waals surface area contributed by atoms with Crippen LogP contribution in [0.25, 0.3) is 0 Å². The Kier molecular flexibility index (Phi) is 9.77. The van der Waals surface area contributed by atoms with Crippen LogP contribution in [0.1, 0.15) is 44.6 Å². The minimum atomic E-state index is -3.77. The van der Waals surface area contributed by atoms with Crippen molar-refractivity contribution < 1.29 is 18.0 Å². The van der Waals surface area contributed by atoms with Crippen molar-refractivity contribution in [1.29, 1.82) is 0 Å². The summed E-state index contributed by atoms with van der Waals surface area (Å²) in [6.45, 7) is 1.44. The van der Waals surface area contributed by atoms with Gasteiger partial charge < -0.3 is 10.2 Å². The molecule has 7 nitrogen and oxygen atoms in total. The summed E-state index contributed by atoms with van der Waals surface area (Å²) in [7, 11) is -3.77. The number of carbonyl (C=O) groups excluding carboxylic acids is 2. The average Bonchev–Trinajstić information content (AvgIpc) is 2.81. The summed E-state index contributed by atoms with van der Waals surface area (Å²) in [4.78, 5) is 28.2. The van der Waals surface area contributed by atoms with Gasteiger partial charge in [-0.1, -0.05) is 59.5 Å². The van der Waals surface area contributed by atoms with Gasteiger partial charge in [0.25, 0.3) is 0 Å². The number of para-hydroxylation sites is 1. The fourth-order valence-electron chi connectivity index (χ4n) is 4.23. The Bertz CT molecular complexity index is 1150. The van der Waals surface area contributed by atoms with Gasteiger partial charge >= 0.3 is 0 Å². The van der Waals surface area contributed by atoms with E-state index in [0.29, 0.717) is 10.2 Å². The molecule has 2 aromatic carbocycles. The maximum atomic E-state index is 13.6. The highest BCUT2D eigenvalue weighted by Crippen LogP contribution is 2.28. The molecule has 1 aliphatic rings. The number of nitrogens with zero attached hydrogens (tertiary/aromatic N) is 2. The number of rotatable bonds is 9. The first-order valence-corrected chi connectivity index (χ1v) is 15.1. The lowest BCUT2D eigenvalue weighted by Gasteiger charge is -2.33. The van der Waals surface area contributed by atoms with E-state index in [9.17, 15) is 18.0 Å². The van der Waals surface area contributed by atoms with Gasteiger partial charge in [0, 0.05) is 21.5 Å². The molecule has 1 atom stereocenters. The third-order valence-corrected chi connectivity index (χ3v) is 8.45. The van der Waals surface area contributed by atoms with Gasteiger partial charge in [-0.3, -0.25) is 13.9 Å². The topological polar surface area (TPSA) is 86.8 Å². The van der Waals surface area contributed by atoms with Crippen LogP contribution in [0, 0.1) is 0 Å². The lowest BCUT2D eigenvalue weighted by atomic mass is 9.95. The Balaban J connectivity index is 1.88. The molecule has 1 fully saturated rings. The van der Waals surface area contributed by atoms with Crippen molar-refractivity contribution >= 4 is 59.4 Å². The van der Waals surface area contributed by atoms with E-state index in [0.717, 1.165) is 46.3 Å². The summed E-state index contributed by atoms with van der Waals surface area (Å²) in [5.41, 5.74) is 1.20. The van der Waals surface area contributed by atoms with Crippen molar-refractivity contribution in [2.45, 2.75) is 57.7 Å². The second kappa shape index (κ2) is 12.4. The van der Waals surface area contributed by atoms with Gasteiger partial charge in [-0.15, -0.1) is 0 Å². The Morgan fingerprint density at radius 1 is 1.06 bits per heavy atom. The van der Waals surface area contributed by atoms with E-state index in [4.69, 9.17) is 0 Å². The Morgan fingerprint density at radius 3 is 2.37 bits per heavy atom. The monoisotopic (exact) mass is 627 g/mol. The fraction of sp³-hybridized carbons (Fsp3) is 0.440. The smallest absolute Gasteiger partial charge is 0.244 e. The van der Waals surface area contributed by atoms with Crippen LogP contribution in [0.4, 0.5) is 5.69 Å². The van der Waals surface area contributed by atoms with Crippen LogP contribution in [0.2, 0.25) is 0 Å². The molecule has 0 aromatic heterocycles. The molecule has 2 amide bonds. The highest BCUT2D eigenvalue weighted by atomic mass is 79.9. The molecule has 0 radical (unpaired) electrons. The first kappa shape index (κ1) is 27.7. The number of hydrogen-bond donors (Lipinski definition) is 1. The molecule has 1 saturated carbocycles. The molecule has 0 unspecified atom stereocenters. The first-order chi connectivity index (χ1) is 16.6. The molecule has 0 aliphatic heterocycles. The molecular weight excluding hydrogens is 598 g/mol. The molecule has 2 aromatic rings. The van der Waals surface area contributed by atoms with Crippen molar-refractivity contribution in [2.75, 3.05) is 17.1 Å². The predicted octanol–water partition coefficient (Wildman–Crippen LogP) is 4.84. The number of halogens is 2. The zero-order valence-corrected chi connectivity index (χ0v) is 23.9. The second-order valence-electron chi connectivity index (χ2n) is 8.89. The summed E-state index contributed by atoms with van der Waals surface area (Å²) < 4.78 is 27.8.